The highest BCUT2D eigenvalue weighted by Gasteiger charge is 2.45. The van der Waals surface area contributed by atoms with Crippen LogP contribution in [0.1, 0.15) is 45.1 Å². The first kappa shape index (κ1) is 21.5. The van der Waals surface area contributed by atoms with Crippen LogP contribution in [0.4, 0.5) is 15.8 Å². The Balaban J connectivity index is 1.65. The molecule has 3 rings (SSSR count). The van der Waals surface area contributed by atoms with E-state index < -0.39 is 23.4 Å². The van der Waals surface area contributed by atoms with Crippen molar-refractivity contribution in [3.8, 4) is 0 Å². The monoisotopic (exact) mass is 412 g/mol. The Labute approximate surface area is 174 Å². The second-order valence-electron chi connectivity index (χ2n) is 7.59. The average Bonchev–Trinajstić information content (AvgIpc) is 3.20. The van der Waals surface area contributed by atoms with Crippen LogP contribution in [0, 0.1) is 5.82 Å². The summed E-state index contributed by atoms with van der Waals surface area (Å²) in [5, 5.41) is 5.34. The fourth-order valence-corrected chi connectivity index (χ4v) is 3.77. The van der Waals surface area contributed by atoms with Crippen LogP contribution in [0.25, 0.3) is 0 Å². The van der Waals surface area contributed by atoms with Gasteiger partial charge in [-0.1, -0.05) is 25.0 Å². The van der Waals surface area contributed by atoms with Gasteiger partial charge in [0.1, 0.15) is 5.82 Å². The third-order valence-corrected chi connectivity index (χ3v) is 5.37. The van der Waals surface area contributed by atoms with E-state index in [1.54, 1.807) is 36.4 Å². The highest BCUT2D eigenvalue weighted by atomic mass is 19.1. The SMILES string of the molecule is CC(=O)Nc1ccc(NC(=O)[C@@H](C)OC(=O)C2(c3ccc(F)cc3)CCCC2)cc1. The topological polar surface area (TPSA) is 84.5 Å². The lowest BCUT2D eigenvalue weighted by Crippen LogP contribution is -2.39. The van der Waals surface area contributed by atoms with Gasteiger partial charge in [-0.3, -0.25) is 14.4 Å². The molecule has 0 heterocycles. The molecule has 2 aromatic carbocycles. The maximum atomic E-state index is 13.3. The van der Waals surface area contributed by atoms with Gasteiger partial charge in [0, 0.05) is 18.3 Å². The standard InChI is InChI=1S/C23H25FN2O4/c1-15(21(28)26-20-11-9-19(10-12-20)25-16(2)27)30-22(29)23(13-3-4-14-23)17-5-7-18(24)8-6-17/h5-12,15H,3-4,13-14H2,1-2H3,(H,25,27)(H,26,28)/t15-/m1/s1. The number of rotatable bonds is 6. The van der Waals surface area contributed by atoms with E-state index in [0.29, 0.717) is 29.8 Å². The van der Waals surface area contributed by atoms with Crippen molar-refractivity contribution < 1.29 is 23.5 Å². The van der Waals surface area contributed by atoms with Crippen molar-refractivity contribution in [1.82, 2.24) is 0 Å². The summed E-state index contributed by atoms with van der Waals surface area (Å²) in [6.07, 6.45) is 1.96. The summed E-state index contributed by atoms with van der Waals surface area (Å²) in [6.45, 7) is 2.93. The van der Waals surface area contributed by atoms with E-state index in [1.165, 1.54) is 26.0 Å². The molecule has 158 valence electrons. The Morgan fingerprint density at radius 1 is 0.933 bits per heavy atom. The molecule has 0 radical (unpaired) electrons. The summed E-state index contributed by atoms with van der Waals surface area (Å²) in [5.74, 6) is -1.47. The average molecular weight is 412 g/mol. The van der Waals surface area contributed by atoms with E-state index in [0.717, 1.165) is 12.8 Å². The molecule has 7 heteroatoms. The van der Waals surface area contributed by atoms with Crippen LogP contribution in [-0.2, 0) is 24.5 Å². The fourth-order valence-electron chi connectivity index (χ4n) is 3.77. The van der Waals surface area contributed by atoms with Gasteiger partial charge in [0.15, 0.2) is 6.10 Å². The van der Waals surface area contributed by atoms with Gasteiger partial charge in [-0.15, -0.1) is 0 Å². The van der Waals surface area contributed by atoms with E-state index in [-0.39, 0.29) is 11.7 Å². The van der Waals surface area contributed by atoms with Crippen molar-refractivity contribution >= 4 is 29.2 Å². The molecule has 1 fully saturated rings. The maximum absolute atomic E-state index is 13.3. The molecule has 30 heavy (non-hydrogen) atoms. The number of esters is 1. The molecule has 1 aliphatic rings. The van der Waals surface area contributed by atoms with Crippen LogP contribution in [-0.4, -0.2) is 23.9 Å². The molecule has 0 bridgehead atoms. The zero-order chi connectivity index (χ0) is 21.7. The van der Waals surface area contributed by atoms with Crippen LogP contribution in [0.3, 0.4) is 0 Å². The Morgan fingerprint density at radius 3 is 2.00 bits per heavy atom. The summed E-state index contributed by atoms with van der Waals surface area (Å²) >= 11 is 0. The molecule has 6 nitrogen and oxygen atoms in total. The third kappa shape index (κ3) is 4.84. The van der Waals surface area contributed by atoms with Crippen molar-refractivity contribution in [2.75, 3.05) is 10.6 Å². The summed E-state index contributed by atoms with van der Waals surface area (Å²) in [5.41, 5.74) is 1.00. The van der Waals surface area contributed by atoms with Crippen molar-refractivity contribution in [3.05, 3.63) is 59.9 Å². The zero-order valence-corrected chi connectivity index (χ0v) is 17.0. The van der Waals surface area contributed by atoms with Gasteiger partial charge in [0.05, 0.1) is 5.41 Å². The number of carbonyl (C=O) groups is 3. The lowest BCUT2D eigenvalue weighted by molar-refractivity contribution is -0.159. The zero-order valence-electron chi connectivity index (χ0n) is 17.0. The summed E-state index contributed by atoms with van der Waals surface area (Å²) in [6, 6.07) is 12.5. The van der Waals surface area contributed by atoms with Crippen molar-refractivity contribution in [1.29, 1.82) is 0 Å². The Morgan fingerprint density at radius 2 is 1.47 bits per heavy atom. The number of benzene rings is 2. The minimum atomic E-state index is -0.995. The lowest BCUT2D eigenvalue weighted by atomic mass is 9.79. The van der Waals surface area contributed by atoms with Gasteiger partial charge in [0.25, 0.3) is 5.91 Å². The van der Waals surface area contributed by atoms with Gasteiger partial charge in [-0.25, -0.2) is 4.39 Å². The van der Waals surface area contributed by atoms with Crippen molar-refractivity contribution in [3.63, 3.8) is 0 Å². The largest absolute Gasteiger partial charge is 0.452 e. The number of ether oxygens (including phenoxy) is 1. The maximum Gasteiger partial charge on any atom is 0.317 e. The summed E-state index contributed by atoms with van der Waals surface area (Å²) < 4.78 is 18.9. The fraction of sp³-hybridized carbons (Fsp3) is 0.348. The van der Waals surface area contributed by atoms with E-state index in [1.807, 2.05) is 0 Å². The Bertz CT molecular complexity index is 919. The second-order valence-corrected chi connectivity index (χ2v) is 7.59. The van der Waals surface area contributed by atoms with E-state index in [4.69, 9.17) is 4.74 Å². The third-order valence-electron chi connectivity index (χ3n) is 5.37. The Kier molecular flexibility index (Phi) is 6.50. The molecule has 1 atom stereocenters. The molecule has 0 unspecified atom stereocenters. The van der Waals surface area contributed by atoms with Gasteiger partial charge >= 0.3 is 5.97 Å². The van der Waals surface area contributed by atoms with Gasteiger partial charge in [0.2, 0.25) is 5.91 Å². The molecule has 2 amide bonds. The first-order chi connectivity index (χ1) is 14.3. The van der Waals surface area contributed by atoms with Gasteiger partial charge in [-0.05, 0) is 61.7 Å². The number of hydrogen-bond acceptors (Lipinski definition) is 4. The van der Waals surface area contributed by atoms with Crippen LogP contribution >= 0.6 is 0 Å². The van der Waals surface area contributed by atoms with Gasteiger partial charge in [-0.2, -0.15) is 0 Å². The van der Waals surface area contributed by atoms with E-state index in [2.05, 4.69) is 10.6 Å². The normalized spacial score (nSPS) is 15.8. The first-order valence-electron chi connectivity index (χ1n) is 9.96. The molecule has 1 aliphatic carbocycles. The van der Waals surface area contributed by atoms with E-state index >= 15 is 0 Å². The molecule has 0 saturated heterocycles. The second kappa shape index (κ2) is 9.07. The first-order valence-corrected chi connectivity index (χ1v) is 9.96. The van der Waals surface area contributed by atoms with Crippen LogP contribution in [0.15, 0.2) is 48.5 Å². The van der Waals surface area contributed by atoms with Crippen LogP contribution in [0.5, 0.6) is 0 Å². The molecule has 0 aromatic heterocycles. The number of carbonyl (C=O) groups excluding carboxylic acids is 3. The number of hydrogen-bond donors (Lipinski definition) is 2. The van der Waals surface area contributed by atoms with Crippen molar-refractivity contribution in [2.45, 2.75) is 51.0 Å². The van der Waals surface area contributed by atoms with E-state index in [9.17, 15) is 18.8 Å². The number of halogens is 1. The summed E-state index contributed by atoms with van der Waals surface area (Å²) in [7, 11) is 0. The molecule has 2 N–H and O–H groups in total. The van der Waals surface area contributed by atoms with Crippen LogP contribution in [0.2, 0.25) is 0 Å². The highest BCUT2D eigenvalue weighted by molar-refractivity contribution is 5.96. The lowest BCUT2D eigenvalue weighted by Gasteiger charge is -2.28. The highest BCUT2D eigenvalue weighted by Crippen LogP contribution is 2.42. The van der Waals surface area contributed by atoms with Crippen molar-refractivity contribution in [2.24, 2.45) is 0 Å². The van der Waals surface area contributed by atoms with Crippen LogP contribution < -0.4 is 10.6 Å². The number of amides is 2. The molecule has 0 spiro atoms. The smallest absolute Gasteiger partial charge is 0.317 e. The van der Waals surface area contributed by atoms with Gasteiger partial charge < -0.3 is 15.4 Å². The molecular formula is C23H25FN2O4. The quantitative estimate of drug-likeness (QED) is 0.698. The number of anilines is 2. The minimum Gasteiger partial charge on any atom is -0.452 e. The Hall–Kier alpha value is -3.22. The summed E-state index contributed by atoms with van der Waals surface area (Å²) in [4.78, 5) is 36.6. The minimum absolute atomic E-state index is 0.186. The predicted molar refractivity (Wildman–Crippen MR) is 111 cm³/mol. The molecular weight excluding hydrogens is 387 g/mol. The molecule has 1 saturated carbocycles. The molecule has 0 aliphatic heterocycles. The predicted octanol–water partition coefficient (Wildman–Crippen LogP) is 4.17. The number of nitrogens with one attached hydrogen (secondary N) is 2. The molecule has 2 aromatic rings.